The quantitative estimate of drug-likeness (QED) is 0.714. The maximum Gasteiger partial charge on any atom is 0.144 e. The Morgan fingerprint density at radius 1 is 1.53 bits per heavy atom. The van der Waals surface area contributed by atoms with Crippen molar-refractivity contribution in [3.05, 3.63) is 23.4 Å². The molecular weight excluding hydrogens is 190 g/mol. The van der Waals surface area contributed by atoms with Gasteiger partial charge in [-0.05, 0) is 31.4 Å². The summed E-state index contributed by atoms with van der Waals surface area (Å²) in [5.74, 6) is 0.635. The van der Waals surface area contributed by atoms with Gasteiger partial charge in [-0.2, -0.15) is 5.26 Å². The van der Waals surface area contributed by atoms with Gasteiger partial charge in [-0.15, -0.1) is 0 Å². The summed E-state index contributed by atoms with van der Waals surface area (Å²) >= 11 is 0. The number of nitrogens with one attached hydrogen (secondary N) is 1. The molecule has 0 aliphatic carbocycles. The first-order valence-electron chi connectivity index (χ1n) is 5.00. The van der Waals surface area contributed by atoms with Gasteiger partial charge in [0, 0.05) is 19.3 Å². The van der Waals surface area contributed by atoms with E-state index in [1.807, 2.05) is 13.0 Å². The number of hydrogen-bond donors (Lipinski definition) is 2. The molecule has 4 heteroatoms. The van der Waals surface area contributed by atoms with E-state index in [9.17, 15) is 0 Å². The number of hydrogen-bond acceptors (Lipinski definition) is 4. The van der Waals surface area contributed by atoms with Gasteiger partial charge in [0.15, 0.2) is 0 Å². The van der Waals surface area contributed by atoms with E-state index in [-0.39, 0.29) is 6.61 Å². The van der Waals surface area contributed by atoms with Crippen molar-refractivity contribution in [2.45, 2.75) is 19.8 Å². The van der Waals surface area contributed by atoms with Crippen LogP contribution in [0.5, 0.6) is 0 Å². The number of nitrogens with zero attached hydrogens (tertiary/aromatic N) is 2. The molecular formula is C11H15N3O. The lowest BCUT2D eigenvalue weighted by atomic mass is 10.1. The summed E-state index contributed by atoms with van der Waals surface area (Å²) in [7, 11) is 0. The SMILES string of the molecule is Cc1ccnc(NCCCCO)c1C#N. The van der Waals surface area contributed by atoms with Crippen LogP contribution in [-0.4, -0.2) is 23.2 Å². The average Bonchev–Trinajstić information content (AvgIpc) is 2.24. The number of aliphatic hydroxyl groups is 1. The summed E-state index contributed by atoms with van der Waals surface area (Å²) in [4.78, 5) is 4.11. The maximum absolute atomic E-state index is 8.93. The molecule has 4 nitrogen and oxygen atoms in total. The summed E-state index contributed by atoms with van der Waals surface area (Å²) in [5, 5.41) is 20.6. The molecule has 0 atom stereocenters. The van der Waals surface area contributed by atoms with Gasteiger partial charge in [0.05, 0.1) is 5.56 Å². The van der Waals surface area contributed by atoms with E-state index in [1.54, 1.807) is 6.20 Å². The summed E-state index contributed by atoms with van der Waals surface area (Å²) in [6, 6.07) is 3.95. The second kappa shape index (κ2) is 5.99. The van der Waals surface area contributed by atoms with E-state index < -0.39 is 0 Å². The molecule has 1 rings (SSSR count). The minimum atomic E-state index is 0.202. The number of pyridine rings is 1. The van der Waals surface area contributed by atoms with Crippen LogP contribution in [0.3, 0.4) is 0 Å². The van der Waals surface area contributed by atoms with E-state index in [0.29, 0.717) is 11.4 Å². The van der Waals surface area contributed by atoms with Gasteiger partial charge in [0.1, 0.15) is 11.9 Å². The molecule has 0 fully saturated rings. The summed E-state index contributed by atoms with van der Waals surface area (Å²) in [6.07, 6.45) is 3.32. The largest absolute Gasteiger partial charge is 0.396 e. The number of anilines is 1. The van der Waals surface area contributed by atoms with Gasteiger partial charge in [0.2, 0.25) is 0 Å². The highest BCUT2D eigenvalue weighted by Crippen LogP contribution is 2.14. The van der Waals surface area contributed by atoms with Gasteiger partial charge >= 0.3 is 0 Å². The second-order valence-electron chi connectivity index (χ2n) is 3.32. The summed E-state index contributed by atoms with van der Waals surface area (Å²) < 4.78 is 0. The van der Waals surface area contributed by atoms with Crippen molar-refractivity contribution >= 4 is 5.82 Å². The molecule has 0 aliphatic rings. The molecule has 0 radical (unpaired) electrons. The number of aromatic nitrogens is 1. The highest BCUT2D eigenvalue weighted by atomic mass is 16.2. The lowest BCUT2D eigenvalue weighted by Gasteiger charge is -2.07. The van der Waals surface area contributed by atoms with Crippen LogP contribution in [0.15, 0.2) is 12.3 Å². The Balaban J connectivity index is 2.61. The fourth-order valence-electron chi connectivity index (χ4n) is 1.28. The van der Waals surface area contributed by atoms with E-state index in [2.05, 4.69) is 16.4 Å². The van der Waals surface area contributed by atoms with Crippen LogP contribution < -0.4 is 5.32 Å². The zero-order chi connectivity index (χ0) is 11.1. The van der Waals surface area contributed by atoms with Crippen LogP contribution in [-0.2, 0) is 0 Å². The number of nitriles is 1. The minimum Gasteiger partial charge on any atom is -0.396 e. The molecule has 2 N–H and O–H groups in total. The van der Waals surface area contributed by atoms with Crippen molar-refractivity contribution in [3.63, 3.8) is 0 Å². The predicted octanol–water partition coefficient (Wildman–Crippen LogP) is 1.45. The molecule has 0 aliphatic heterocycles. The fraction of sp³-hybridized carbons (Fsp3) is 0.455. The Morgan fingerprint density at radius 3 is 3.00 bits per heavy atom. The molecule has 80 valence electrons. The van der Waals surface area contributed by atoms with Crippen LogP contribution in [0.1, 0.15) is 24.0 Å². The summed E-state index contributed by atoms with van der Waals surface area (Å²) in [6.45, 7) is 2.82. The van der Waals surface area contributed by atoms with E-state index >= 15 is 0 Å². The van der Waals surface area contributed by atoms with Crippen LogP contribution in [0.4, 0.5) is 5.82 Å². The molecule has 15 heavy (non-hydrogen) atoms. The van der Waals surface area contributed by atoms with Gasteiger partial charge in [-0.25, -0.2) is 4.98 Å². The Labute approximate surface area is 89.6 Å². The molecule has 1 heterocycles. The molecule has 0 saturated heterocycles. The molecule has 0 bridgehead atoms. The van der Waals surface area contributed by atoms with Crippen molar-refractivity contribution in [3.8, 4) is 6.07 Å². The topological polar surface area (TPSA) is 68.9 Å². The third kappa shape index (κ3) is 3.22. The highest BCUT2D eigenvalue weighted by Gasteiger charge is 2.04. The first kappa shape index (κ1) is 11.5. The Kier molecular flexibility index (Phi) is 4.58. The molecule has 0 aromatic carbocycles. The van der Waals surface area contributed by atoms with Crippen molar-refractivity contribution in [2.24, 2.45) is 0 Å². The van der Waals surface area contributed by atoms with Crippen LogP contribution >= 0.6 is 0 Å². The average molecular weight is 205 g/mol. The number of unbranched alkanes of at least 4 members (excludes halogenated alkanes) is 1. The lowest BCUT2D eigenvalue weighted by Crippen LogP contribution is -2.06. The molecule has 1 aromatic rings. The van der Waals surface area contributed by atoms with Crippen molar-refractivity contribution in [1.29, 1.82) is 5.26 Å². The van der Waals surface area contributed by atoms with Crippen molar-refractivity contribution in [1.82, 2.24) is 4.98 Å². The molecule has 0 saturated carbocycles. The normalized spacial score (nSPS) is 9.67. The Morgan fingerprint density at radius 2 is 2.33 bits per heavy atom. The maximum atomic E-state index is 8.93. The van der Waals surface area contributed by atoms with E-state index in [0.717, 1.165) is 24.9 Å². The third-order valence-electron chi connectivity index (χ3n) is 2.15. The highest BCUT2D eigenvalue weighted by molar-refractivity contribution is 5.55. The Bertz CT molecular complexity index is 357. The van der Waals surface area contributed by atoms with Gasteiger partial charge in [-0.1, -0.05) is 0 Å². The van der Waals surface area contributed by atoms with Gasteiger partial charge < -0.3 is 10.4 Å². The van der Waals surface area contributed by atoms with Crippen molar-refractivity contribution < 1.29 is 5.11 Å². The number of rotatable bonds is 5. The first-order chi connectivity index (χ1) is 7.29. The number of aliphatic hydroxyl groups excluding tert-OH is 1. The fourth-order valence-corrected chi connectivity index (χ4v) is 1.28. The number of aryl methyl sites for hydroxylation is 1. The molecule has 1 aromatic heterocycles. The van der Waals surface area contributed by atoms with Gasteiger partial charge in [0.25, 0.3) is 0 Å². The van der Waals surface area contributed by atoms with Crippen molar-refractivity contribution in [2.75, 3.05) is 18.5 Å². The van der Waals surface area contributed by atoms with E-state index in [4.69, 9.17) is 10.4 Å². The summed E-state index contributed by atoms with van der Waals surface area (Å²) in [5.41, 5.74) is 1.53. The van der Waals surface area contributed by atoms with Crippen LogP contribution in [0.25, 0.3) is 0 Å². The van der Waals surface area contributed by atoms with Crippen LogP contribution in [0, 0.1) is 18.3 Å². The van der Waals surface area contributed by atoms with E-state index in [1.165, 1.54) is 0 Å². The standard InChI is InChI=1S/C11H15N3O/c1-9-4-6-14-11(10(9)8-12)13-5-2-3-7-15/h4,6,15H,2-3,5,7H2,1H3,(H,13,14). The smallest absolute Gasteiger partial charge is 0.144 e. The Hall–Kier alpha value is -1.60. The predicted molar refractivity (Wildman–Crippen MR) is 58.5 cm³/mol. The first-order valence-corrected chi connectivity index (χ1v) is 5.00. The molecule has 0 unspecified atom stereocenters. The van der Waals surface area contributed by atoms with Crippen LogP contribution in [0.2, 0.25) is 0 Å². The minimum absolute atomic E-state index is 0.202. The third-order valence-corrected chi connectivity index (χ3v) is 2.15. The van der Waals surface area contributed by atoms with Gasteiger partial charge in [-0.3, -0.25) is 0 Å². The monoisotopic (exact) mass is 205 g/mol. The lowest BCUT2D eigenvalue weighted by molar-refractivity contribution is 0.286. The second-order valence-corrected chi connectivity index (χ2v) is 3.32. The zero-order valence-electron chi connectivity index (χ0n) is 8.82. The zero-order valence-corrected chi connectivity index (χ0v) is 8.82. The molecule has 0 amide bonds. The molecule has 0 spiro atoms.